The Hall–Kier alpha value is -2.06. The first-order valence-electron chi connectivity index (χ1n) is 8.82. The zero-order chi connectivity index (χ0) is 19.4. The average Bonchev–Trinajstić information content (AvgIpc) is 2.62. The largest absolute Gasteiger partial charge is 0.492 e. The van der Waals surface area contributed by atoms with Crippen molar-refractivity contribution in [1.29, 1.82) is 0 Å². The highest BCUT2D eigenvalue weighted by atomic mass is 32.1. The maximum atomic E-state index is 11.8. The Kier molecular flexibility index (Phi) is 10.4. The first-order chi connectivity index (χ1) is 12.5. The Labute approximate surface area is 160 Å². The molecular weight excluding hydrogens is 354 g/mol. The molecule has 3 N–H and O–H groups in total. The number of rotatable bonds is 11. The van der Waals surface area contributed by atoms with E-state index in [0.29, 0.717) is 60.8 Å². The third-order valence-corrected chi connectivity index (χ3v) is 3.58. The molecule has 26 heavy (non-hydrogen) atoms. The summed E-state index contributed by atoms with van der Waals surface area (Å²) in [5.74, 6) is 1.05. The molecule has 0 spiro atoms. The van der Waals surface area contributed by atoms with E-state index in [1.807, 2.05) is 13.8 Å². The van der Waals surface area contributed by atoms with Gasteiger partial charge < -0.3 is 30.2 Å². The predicted molar refractivity (Wildman–Crippen MR) is 108 cm³/mol. The molecule has 1 aromatic carbocycles. The Balaban J connectivity index is 2.98. The van der Waals surface area contributed by atoms with Crippen molar-refractivity contribution in [2.24, 2.45) is 0 Å². The maximum absolute atomic E-state index is 11.8. The second kappa shape index (κ2) is 12.3. The molecule has 0 atom stereocenters. The molecule has 146 valence electrons. The fourth-order valence-corrected chi connectivity index (χ4v) is 2.34. The van der Waals surface area contributed by atoms with Gasteiger partial charge in [-0.3, -0.25) is 4.79 Å². The van der Waals surface area contributed by atoms with Crippen molar-refractivity contribution < 1.29 is 19.0 Å². The third kappa shape index (κ3) is 7.45. The Morgan fingerprint density at radius 2 is 1.62 bits per heavy atom. The molecule has 0 heterocycles. The van der Waals surface area contributed by atoms with E-state index in [0.717, 1.165) is 6.42 Å². The van der Waals surface area contributed by atoms with Gasteiger partial charge in [-0.05, 0) is 32.5 Å². The predicted octanol–water partition coefficient (Wildman–Crippen LogP) is 3.16. The molecule has 0 unspecified atom stereocenters. The van der Waals surface area contributed by atoms with Crippen molar-refractivity contribution in [1.82, 2.24) is 5.32 Å². The second-order valence-electron chi connectivity index (χ2n) is 5.34. The van der Waals surface area contributed by atoms with Crippen LogP contribution in [0, 0.1) is 0 Å². The molecule has 8 heteroatoms. The topological polar surface area (TPSA) is 80.8 Å². The number of methoxy groups -OCH3 is 1. The highest BCUT2D eigenvalue weighted by Gasteiger charge is 2.14. The Bertz CT molecular complexity index is 596. The van der Waals surface area contributed by atoms with Crippen molar-refractivity contribution in [2.75, 3.05) is 44.1 Å². The molecule has 0 saturated heterocycles. The van der Waals surface area contributed by atoms with Crippen LogP contribution in [0.5, 0.6) is 11.5 Å². The lowest BCUT2D eigenvalue weighted by molar-refractivity contribution is -0.115. The van der Waals surface area contributed by atoms with E-state index < -0.39 is 0 Å². The lowest BCUT2D eigenvalue weighted by Crippen LogP contribution is -2.30. The van der Waals surface area contributed by atoms with Crippen molar-refractivity contribution in [3.8, 4) is 11.5 Å². The van der Waals surface area contributed by atoms with Crippen molar-refractivity contribution >= 4 is 34.6 Å². The Morgan fingerprint density at radius 3 is 2.12 bits per heavy atom. The smallest absolute Gasteiger partial charge is 0.224 e. The van der Waals surface area contributed by atoms with Crippen LogP contribution in [0.4, 0.5) is 11.4 Å². The summed E-state index contributed by atoms with van der Waals surface area (Å²) in [5, 5.41) is 9.56. The SMILES string of the molecule is CCOc1cc(NC(=S)NCCCOC)c(OCC)cc1NC(=O)CC. The van der Waals surface area contributed by atoms with E-state index in [-0.39, 0.29) is 5.91 Å². The summed E-state index contributed by atoms with van der Waals surface area (Å²) in [6.07, 6.45) is 1.23. The van der Waals surface area contributed by atoms with Gasteiger partial charge in [0.1, 0.15) is 11.5 Å². The van der Waals surface area contributed by atoms with Gasteiger partial charge in [0.05, 0.1) is 24.6 Å². The lowest BCUT2D eigenvalue weighted by Gasteiger charge is -2.18. The number of thiocarbonyl (C=S) groups is 1. The number of carbonyl (C=O) groups excluding carboxylic acids is 1. The highest BCUT2D eigenvalue weighted by Crippen LogP contribution is 2.37. The molecular formula is C18H29N3O4S. The van der Waals surface area contributed by atoms with Gasteiger partial charge in [0, 0.05) is 38.8 Å². The van der Waals surface area contributed by atoms with E-state index in [9.17, 15) is 4.79 Å². The van der Waals surface area contributed by atoms with Crippen LogP contribution in [0.25, 0.3) is 0 Å². The van der Waals surface area contributed by atoms with Crippen LogP contribution in [-0.2, 0) is 9.53 Å². The molecule has 1 aromatic rings. The molecule has 0 aliphatic heterocycles. The fourth-order valence-electron chi connectivity index (χ4n) is 2.13. The number of benzene rings is 1. The fraction of sp³-hybridized carbons (Fsp3) is 0.556. The van der Waals surface area contributed by atoms with Crippen LogP contribution in [0.3, 0.4) is 0 Å². The summed E-state index contributed by atoms with van der Waals surface area (Å²) >= 11 is 5.33. The molecule has 0 aliphatic carbocycles. The molecule has 0 radical (unpaired) electrons. The Morgan fingerprint density at radius 1 is 1.04 bits per heavy atom. The van der Waals surface area contributed by atoms with Gasteiger partial charge in [-0.25, -0.2) is 0 Å². The van der Waals surface area contributed by atoms with Crippen LogP contribution < -0.4 is 25.4 Å². The number of hydrogen-bond donors (Lipinski definition) is 3. The van der Waals surface area contributed by atoms with Crippen LogP contribution in [-0.4, -0.2) is 44.5 Å². The van der Waals surface area contributed by atoms with E-state index in [4.69, 9.17) is 26.4 Å². The van der Waals surface area contributed by atoms with Gasteiger partial charge in [-0.2, -0.15) is 0 Å². The number of nitrogens with one attached hydrogen (secondary N) is 3. The second-order valence-corrected chi connectivity index (χ2v) is 5.75. The lowest BCUT2D eigenvalue weighted by atomic mass is 10.2. The minimum Gasteiger partial charge on any atom is -0.492 e. The molecule has 0 aromatic heterocycles. The molecule has 1 rings (SSSR count). The third-order valence-electron chi connectivity index (χ3n) is 3.34. The van der Waals surface area contributed by atoms with Crippen LogP contribution in [0.2, 0.25) is 0 Å². The molecule has 0 fully saturated rings. The number of amides is 1. The van der Waals surface area contributed by atoms with Gasteiger partial charge in [-0.15, -0.1) is 0 Å². The number of hydrogen-bond acceptors (Lipinski definition) is 5. The summed E-state index contributed by atoms with van der Waals surface area (Å²) in [6.45, 7) is 7.90. The van der Waals surface area contributed by atoms with Crippen molar-refractivity contribution in [3.05, 3.63) is 12.1 Å². The standard InChI is InChI=1S/C18H29N3O4S/c1-5-17(22)20-13-11-16(25-7-3)14(12-15(13)24-6-2)21-18(26)19-9-8-10-23-4/h11-12H,5-10H2,1-4H3,(H,20,22)(H2,19,21,26). The van der Waals surface area contributed by atoms with Gasteiger partial charge in [-0.1, -0.05) is 6.92 Å². The summed E-state index contributed by atoms with van der Waals surface area (Å²) in [7, 11) is 1.67. The van der Waals surface area contributed by atoms with Gasteiger partial charge in [0.15, 0.2) is 5.11 Å². The van der Waals surface area contributed by atoms with E-state index >= 15 is 0 Å². The van der Waals surface area contributed by atoms with E-state index in [1.54, 1.807) is 26.2 Å². The first kappa shape index (κ1) is 22.0. The molecule has 0 aliphatic rings. The molecule has 1 amide bonds. The number of ether oxygens (including phenoxy) is 3. The first-order valence-corrected chi connectivity index (χ1v) is 9.23. The van der Waals surface area contributed by atoms with Crippen molar-refractivity contribution in [3.63, 3.8) is 0 Å². The minimum absolute atomic E-state index is 0.0931. The van der Waals surface area contributed by atoms with Crippen molar-refractivity contribution in [2.45, 2.75) is 33.6 Å². The highest BCUT2D eigenvalue weighted by molar-refractivity contribution is 7.80. The van der Waals surface area contributed by atoms with E-state index in [2.05, 4.69) is 16.0 Å². The summed E-state index contributed by atoms with van der Waals surface area (Å²) in [5.41, 5.74) is 1.25. The zero-order valence-corrected chi connectivity index (χ0v) is 16.8. The van der Waals surface area contributed by atoms with Crippen LogP contribution in [0.1, 0.15) is 33.6 Å². The monoisotopic (exact) mass is 383 g/mol. The number of carbonyl (C=O) groups is 1. The summed E-state index contributed by atoms with van der Waals surface area (Å²) in [4.78, 5) is 11.8. The summed E-state index contributed by atoms with van der Waals surface area (Å²) in [6, 6.07) is 3.53. The van der Waals surface area contributed by atoms with E-state index in [1.165, 1.54) is 0 Å². The van der Waals surface area contributed by atoms with Gasteiger partial charge >= 0.3 is 0 Å². The minimum atomic E-state index is -0.0931. The van der Waals surface area contributed by atoms with Gasteiger partial charge in [0.2, 0.25) is 5.91 Å². The molecule has 7 nitrogen and oxygen atoms in total. The normalized spacial score (nSPS) is 10.2. The number of anilines is 2. The average molecular weight is 384 g/mol. The maximum Gasteiger partial charge on any atom is 0.224 e. The quantitative estimate of drug-likeness (QED) is 0.400. The van der Waals surface area contributed by atoms with Crippen LogP contribution in [0.15, 0.2) is 12.1 Å². The zero-order valence-electron chi connectivity index (χ0n) is 15.9. The summed E-state index contributed by atoms with van der Waals surface area (Å²) < 4.78 is 16.4. The van der Waals surface area contributed by atoms with Crippen LogP contribution >= 0.6 is 12.2 Å². The molecule has 0 saturated carbocycles. The van der Waals surface area contributed by atoms with Gasteiger partial charge in [0.25, 0.3) is 0 Å². The molecule has 0 bridgehead atoms.